The van der Waals surface area contributed by atoms with Gasteiger partial charge in [-0.2, -0.15) is 0 Å². The summed E-state index contributed by atoms with van der Waals surface area (Å²) in [5, 5.41) is 0. The monoisotopic (exact) mass is 322 g/mol. The molecule has 24 heavy (non-hydrogen) atoms. The molecule has 0 N–H and O–H groups in total. The van der Waals surface area contributed by atoms with E-state index in [-0.39, 0.29) is 5.91 Å². The normalized spacial score (nSPS) is 15.2. The van der Waals surface area contributed by atoms with Gasteiger partial charge in [-0.05, 0) is 63.2 Å². The van der Waals surface area contributed by atoms with Crippen LogP contribution in [-0.2, 0) is 4.79 Å². The van der Waals surface area contributed by atoms with Crippen LogP contribution in [0, 0.1) is 0 Å². The Labute approximate surface area is 144 Å². The second kappa shape index (κ2) is 8.65. The lowest BCUT2D eigenvalue weighted by Crippen LogP contribution is -2.32. The Morgan fingerprint density at radius 1 is 0.833 bits per heavy atom. The zero-order valence-corrected chi connectivity index (χ0v) is 14.2. The summed E-state index contributed by atoms with van der Waals surface area (Å²) in [5.41, 5.74) is 1.87. The first-order valence-electron chi connectivity index (χ1n) is 9.00. The lowest BCUT2D eigenvalue weighted by Gasteiger charge is -2.27. The van der Waals surface area contributed by atoms with Crippen molar-refractivity contribution in [2.45, 2.75) is 32.1 Å². The zero-order chi connectivity index (χ0) is 16.6. The Bertz CT molecular complexity index is 581. The lowest BCUT2D eigenvalue weighted by atomic mass is 10.1. The van der Waals surface area contributed by atoms with Crippen LogP contribution < -0.4 is 4.90 Å². The lowest BCUT2D eigenvalue weighted by molar-refractivity contribution is -0.118. The number of rotatable bonds is 6. The molecule has 1 aliphatic rings. The third-order valence-corrected chi connectivity index (χ3v) is 4.59. The number of para-hydroxylation sites is 2. The highest BCUT2D eigenvalue weighted by molar-refractivity contribution is 6.00. The summed E-state index contributed by atoms with van der Waals surface area (Å²) in [6, 6.07) is 19.9. The average Bonchev–Trinajstić information content (AvgIpc) is 2.65. The molecule has 2 aromatic carbocycles. The van der Waals surface area contributed by atoms with E-state index in [4.69, 9.17) is 0 Å². The molecule has 0 unspecified atom stereocenters. The molecular weight excluding hydrogens is 296 g/mol. The van der Waals surface area contributed by atoms with Crippen molar-refractivity contribution in [2.75, 3.05) is 24.5 Å². The van der Waals surface area contributed by atoms with Gasteiger partial charge in [0.2, 0.25) is 5.91 Å². The van der Waals surface area contributed by atoms with Gasteiger partial charge in [-0.1, -0.05) is 42.8 Å². The molecule has 0 aliphatic carbocycles. The van der Waals surface area contributed by atoms with Gasteiger partial charge in [0.1, 0.15) is 0 Å². The second-order valence-corrected chi connectivity index (χ2v) is 6.41. The van der Waals surface area contributed by atoms with Crippen LogP contribution in [0.3, 0.4) is 0 Å². The van der Waals surface area contributed by atoms with Gasteiger partial charge in [-0.25, -0.2) is 0 Å². The van der Waals surface area contributed by atoms with Crippen molar-refractivity contribution in [3.05, 3.63) is 60.7 Å². The number of carbonyl (C=O) groups excluding carboxylic acids is 1. The van der Waals surface area contributed by atoms with Gasteiger partial charge in [-0.15, -0.1) is 0 Å². The molecule has 1 saturated heterocycles. The van der Waals surface area contributed by atoms with Crippen LogP contribution in [0.1, 0.15) is 32.1 Å². The van der Waals surface area contributed by atoms with Gasteiger partial charge in [-0.3, -0.25) is 9.69 Å². The number of hydrogen-bond donors (Lipinski definition) is 0. The fourth-order valence-corrected chi connectivity index (χ4v) is 3.34. The summed E-state index contributed by atoms with van der Waals surface area (Å²) in [7, 11) is 0. The Morgan fingerprint density at radius 2 is 1.38 bits per heavy atom. The van der Waals surface area contributed by atoms with Crippen molar-refractivity contribution in [1.29, 1.82) is 0 Å². The molecule has 0 saturated carbocycles. The van der Waals surface area contributed by atoms with Crippen molar-refractivity contribution in [3.63, 3.8) is 0 Å². The van der Waals surface area contributed by atoms with E-state index in [2.05, 4.69) is 4.90 Å². The molecule has 0 atom stereocenters. The highest BCUT2D eigenvalue weighted by Gasteiger charge is 2.18. The summed E-state index contributed by atoms with van der Waals surface area (Å²) in [5.74, 6) is 0.171. The highest BCUT2D eigenvalue weighted by atomic mass is 16.2. The largest absolute Gasteiger partial charge is 0.303 e. The smallest absolute Gasteiger partial charge is 0.231 e. The van der Waals surface area contributed by atoms with E-state index in [1.807, 2.05) is 65.6 Å². The predicted octanol–water partition coefficient (Wildman–Crippen LogP) is 4.62. The summed E-state index contributed by atoms with van der Waals surface area (Å²) < 4.78 is 0. The summed E-state index contributed by atoms with van der Waals surface area (Å²) in [6.45, 7) is 3.41. The van der Waals surface area contributed by atoms with E-state index in [1.54, 1.807) is 0 Å². The minimum Gasteiger partial charge on any atom is -0.303 e. The van der Waals surface area contributed by atoms with Gasteiger partial charge < -0.3 is 4.90 Å². The molecule has 1 heterocycles. The van der Waals surface area contributed by atoms with Crippen LogP contribution in [0.4, 0.5) is 11.4 Å². The quantitative estimate of drug-likeness (QED) is 0.775. The van der Waals surface area contributed by atoms with Crippen LogP contribution in [0.15, 0.2) is 60.7 Å². The van der Waals surface area contributed by atoms with Gasteiger partial charge >= 0.3 is 0 Å². The fraction of sp³-hybridized carbons (Fsp3) is 0.381. The standard InChI is InChI=1S/C21H26N2O/c24-21(15-10-18-22-16-8-3-9-17-22)23(19-11-4-1-5-12-19)20-13-6-2-7-14-20/h1-2,4-7,11-14H,3,8-10,15-18H2. The van der Waals surface area contributed by atoms with Gasteiger partial charge in [0.25, 0.3) is 0 Å². The van der Waals surface area contributed by atoms with Crippen LogP contribution in [0.5, 0.6) is 0 Å². The molecule has 3 rings (SSSR count). The Balaban J connectivity index is 1.65. The Kier molecular flexibility index (Phi) is 6.02. The topological polar surface area (TPSA) is 23.6 Å². The van der Waals surface area contributed by atoms with E-state index in [1.165, 1.54) is 32.4 Å². The molecular formula is C21H26N2O. The first-order valence-corrected chi connectivity index (χ1v) is 9.00. The summed E-state index contributed by atoms with van der Waals surface area (Å²) in [6.07, 6.45) is 5.46. The molecule has 0 spiro atoms. The van der Waals surface area contributed by atoms with E-state index < -0.39 is 0 Å². The number of benzene rings is 2. The highest BCUT2D eigenvalue weighted by Crippen LogP contribution is 2.26. The van der Waals surface area contributed by atoms with Crippen molar-refractivity contribution >= 4 is 17.3 Å². The fourth-order valence-electron chi connectivity index (χ4n) is 3.34. The van der Waals surface area contributed by atoms with E-state index in [0.717, 1.165) is 24.3 Å². The first kappa shape index (κ1) is 16.7. The molecule has 1 aliphatic heterocycles. The van der Waals surface area contributed by atoms with E-state index >= 15 is 0 Å². The molecule has 0 radical (unpaired) electrons. The predicted molar refractivity (Wildman–Crippen MR) is 99.6 cm³/mol. The average molecular weight is 322 g/mol. The van der Waals surface area contributed by atoms with Crippen molar-refractivity contribution in [1.82, 2.24) is 4.90 Å². The number of anilines is 2. The minimum atomic E-state index is 0.171. The number of hydrogen-bond acceptors (Lipinski definition) is 2. The van der Waals surface area contributed by atoms with Crippen LogP contribution in [-0.4, -0.2) is 30.4 Å². The third-order valence-electron chi connectivity index (χ3n) is 4.59. The molecule has 1 amide bonds. The van der Waals surface area contributed by atoms with Crippen LogP contribution in [0.2, 0.25) is 0 Å². The number of piperidine rings is 1. The molecule has 3 heteroatoms. The number of amides is 1. The van der Waals surface area contributed by atoms with Crippen molar-refractivity contribution in [3.8, 4) is 0 Å². The number of likely N-dealkylation sites (tertiary alicyclic amines) is 1. The van der Waals surface area contributed by atoms with Crippen LogP contribution in [0.25, 0.3) is 0 Å². The van der Waals surface area contributed by atoms with Gasteiger partial charge in [0.05, 0.1) is 0 Å². The Hall–Kier alpha value is -2.13. The van der Waals surface area contributed by atoms with Gasteiger partial charge in [0, 0.05) is 17.8 Å². The molecule has 2 aromatic rings. The molecule has 3 nitrogen and oxygen atoms in total. The maximum Gasteiger partial charge on any atom is 0.231 e. The van der Waals surface area contributed by atoms with E-state index in [0.29, 0.717) is 6.42 Å². The molecule has 0 aromatic heterocycles. The number of carbonyl (C=O) groups is 1. The molecule has 126 valence electrons. The first-order chi connectivity index (χ1) is 11.8. The third kappa shape index (κ3) is 4.45. The molecule has 0 bridgehead atoms. The summed E-state index contributed by atoms with van der Waals surface area (Å²) in [4.78, 5) is 17.2. The van der Waals surface area contributed by atoms with Crippen LogP contribution >= 0.6 is 0 Å². The Morgan fingerprint density at radius 3 is 1.92 bits per heavy atom. The maximum atomic E-state index is 12.9. The second-order valence-electron chi connectivity index (χ2n) is 6.41. The van der Waals surface area contributed by atoms with Gasteiger partial charge in [0.15, 0.2) is 0 Å². The summed E-state index contributed by atoms with van der Waals surface area (Å²) >= 11 is 0. The van der Waals surface area contributed by atoms with E-state index in [9.17, 15) is 4.79 Å². The molecule has 1 fully saturated rings. The maximum absolute atomic E-state index is 12.9. The minimum absolute atomic E-state index is 0.171. The number of nitrogens with zero attached hydrogens (tertiary/aromatic N) is 2. The van der Waals surface area contributed by atoms with Crippen molar-refractivity contribution in [2.24, 2.45) is 0 Å². The van der Waals surface area contributed by atoms with Crippen molar-refractivity contribution < 1.29 is 4.79 Å². The zero-order valence-electron chi connectivity index (χ0n) is 14.2. The SMILES string of the molecule is O=C(CCCN1CCCCC1)N(c1ccccc1)c1ccccc1.